The number of carbonyl (C=O) groups is 2. The average Bonchev–Trinajstić information content (AvgIpc) is 3.00. The molecule has 0 radical (unpaired) electrons. The summed E-state index contributed by atoms with van der Waals surface area (Å²) >= 11 is 0. The maximum absolute atomic E-state index is 13.3. The van der Waals surface area contributed by atoms with Crippen LogP contribution in [0.5, 0.6) is 5.75 Å². The van der Waals surface area contributed by atoms with E-state index in [4.69, 9.17) is 18.9 Å². The lowest BCUT2D eigenvalue weighted by Crippen LogP contribution is -2.62. The number of nitrogens with zero attached hydrogens (tertiary/aromatic N) is 1. The molecule has 3 aliphatic rings. The molecule has 5 rings (SSSR count). The quantitative estimate of drug-likeness (QED) is 0.205. The minimum Gasteiger partial charge on any atom is -0.457 e. The number of piperidine rings is 1. The first kappa shape index (κ1) is 29.3. The van der Waals surface area contributed by atoms with Crippen molar-refractivity contribution in [1.82, 2.24) is 4.90 Å². The topological polar surface area (TPSA) is 74.3 Å². The molecule has 1 amide bonds. The van der Waals surface area contributed by atoms with Gasteiger partial charge >= 0.3 is 12.2 Å². The van der Waals surface area contributed by atoms with Crippen LogP contribution in [0.25, 0.3) is 0 Å². The smallest absolute Gasteiger partial charge is 0.457 e. The van der Waals surface area contributed by atoms with Gasteiger partial charge in [0, 0.05) is 18.0 Å². The van der Waals surface area contributed by atoms with E-state index in [0.29, 0.717) is 37.3 Å². The van der Waals surface area contributed by atoms with Crippen molar-refractivity contribution in [3.8, 4) is 5.75 Å². The monoisotopic (exact) mass is 563 g/mol. The number of amides is 1. The Morgan fingerprint density at radius 1 is 1.02 bits per heavy atom. The van der Waals surface area contributed by atoms with Gasteiger partial charge < -0.3 is 23.8 Å². The van der Waals surface area contributed by atoms with E-state index in [1.165, 1.54) is 24.0 Å². The molecule has 0 aromatic heterocycles. The van der Waals surface area contributed by atoms with Crippen LogP contribution in [0.2, 0.25) is 0 Å². The lowest BCUT2D eigenvalue weighted by Gasteiger charge is -2.58. The van der Waals surface area contributed by atoms with Crippen LogP contribution >= 0.6 is 0 Å². The van der Waals surface area contributed by atoms with Crippen LogP contribution < -0.4 is 4.74 Å². The van der Waals surface area contributed by atoms with E-state index in [9.17, 15) is 9.59 Å². The third kappa shape index (κ3) is 6.65. The summed E-state index contributed by atoms with van der Waals surface area (Å²) in [7, 11) is 0. The third-order valence-corrected chi connectivity index (χ3v) is 9.63. The SMILES string of the molecule is CCCCC(CC)COC(=O)OCOc1ccc2c(c1)[C@@]13CCCC[C@@H]1[C@H](C2)N(C(=O)OCc1ccccc1)CC3. The van der Waals surface area contributed by atoms with Crippen LogP contribution in [-0.2, 0) is 32.7 Å². The summed E-state index contributed by atoms with van der Waals surface area (Å²) in [6.07, 6.45) is 9.78. The molecular weight excluding hydrogens is 518 g/mol. The maximum Gasteiger partial charge on any atom is 0.511 e. The number of likely N-dealkylation sites (tertiary alicyclic amines) is 1. The summed E-state index contributed by atoms with van der Waals surface area (Å²) in [4.78, 5) is 27.4. The maximum atomic E-state index is 13.3. The van der Waals surface area contributed by atoms with Crippen LogP contribution in [0.1, 0.15) is 88.3 Å². The van der Waals surface area contributed by atoms with Crippen LogP contribution in [0.4, 0.5) is 9.59 Å². The number of ether oxygens (including phenoxy) is 4. The molecule has 222 valence electrons. The Morgan fingerprint density at radius 3 is 2.68 bits per heavy atom. The lowest BCUT2D eigenvalue weighted by molar-refractivity contribution is -0.0146. The molecule has 2 aromatic carbocycles. The number of carbonyl (C=O) groups excluding carboxylic acids is 2. The summed E-state index contributed by atoms with van der Waals surface area (Å²) in [5.74, 6) is 1.47. The molecule has 4 atom stereocenters. The van der Waals surface area contributed by atoms with Gasteiger partial charge in [-0.05, 0) is 72.8 Å². The minimum absolute atomic E-state index is 0.0412. The number of unbranched alkanes of at least 4 members (excludes halogenated alkanes) is 1. The predicted octanol–water partition coefficient (Wildman–Crippen LogP) is 7.79. The second-order valence-corrected chi connectivity index (χ2v) is 12.0. The predicted molar refractivity (Wildman–Crippen MR) is 157 cm³/mol. The fraction of sp³-hybridized carbons (Fsp3) is 0.588. The molecular formula is C34H45NO6. The Balaban J connectivity index is 1.21. The second kappa shape index (κ2) is 13.6. The minimum atomic E-state index is -0.682. The number of benzene rings is 2. The largest absolute Gasteiger partial charge is 0.511 e. The number of hydrogen-bond donors (Lipinski definition) is 0. The first-order chi connectivity index (χ1) is 20.0. The van der Waals surface area contributed by atoms with Crippen LogP contribution in [0.3, 0.4) is 0 Å². The molecule has 1 saturated carbocycles. The Bertz CT molecular complexity index is 1170. The average molecular weight is 564 g/mol. The summed E-state index contributed by atoms with van der Waals surface area (Å²) in [5, 5.41) is 0. The number of hydrogen-bond acceptors (Lipinski definition) is 6. The van der Waals surface area contributed by atoms with E-state index in [2.05, 4.69) is 26.0 Å². The standard InChI is InChI=1S/C34H45NO6/c1-3-5-11-25(4-2)22-39-33(37)41-24-40-28-16-15-27-20-31-29-14-9-10-17-34(29,30(27)21-28)18-19-35(31)32(36)38-23-26-12-7-6-8-13-26/h6-8,12-13,15-16,21,25,29,31H,3-5,9-11,14,17-20,22-24H2,1-2H3/t25?,29-,31+,34-/m1/s1. The van der Waals surface area contributed by atoms with Crippen LogP contribution in [0, 0.1) is 11.8 Å². The fourth-order valence-electron chi connectivity index (χ4n) is 7.37. The van der Waals surface area contributed by atoms with Gasteiger partial charge in [0.25, 0.3) is 0 Å². The van der Waals surface area contributed by atoms with E-state index in [0.717, 1.165) is 56.9 Å². The molecule has 1 aliphatic heterocycles. The van der Waals surface area contributed by atoms with E-state index in [1.807, 2.05) is 41.3 Å². The molecule has 41 heavy (non-hydrogen) atoms. The molecule has 2 bridgehead atoms. The molecule has 7 nitrogen and oxygen atoms in total. The second-order valence-electron chi connectivity index (χ2n) is 12.0. The van der Waals surface area contributed by atoms with Crippen molar-refractivity contribution >= 4 is 12.2 Å². The molecule has 1 saturated heterocycles. The van der Waals surface area contributed by atoms with Crippen molar-refractivity contribution < 1.29 is 28.5 Å². The zero-order chi connectivity index (χ0) is 28.7. The van der Waals surface area contributed by atoms with E-state index in [-0.39, 0.29) is 24.3 Å². The van der Waals surface area contributed by atoms with Gasteiger partial charge in [0.1, 0.15) is 12.4 Å². The van der Waals surface area contributed by atoms with Crippen molar-refractivity contribution in [2.75, 3.05) is 19.9 Å². The highest BCUT2D eigenvalue weighted by Gasteiger charge is 2.55. The van der Waals surface area contributed by atoms with Gasteiger partial charge in [-0.1, -0.05) is 82.3 Å². The van der Waals surface area contributed by atoms with Gasteiger partial charge in [-0.3, -0.25) is 0 Å². The number of rotatable bonds is 11. The van der Waals surface area contributed by atoms with E-state index >= 15 is 0 Å². The highest BCUT2D eigenvalue weighted by Crippen LogP contribution is 2.56. The van der Waals surface area contributed by atoms with Gasteiger partial charge in [0.15, 0.2) is 0 Å². The molecule has 2 aromatic rings. The molecule has 1 heterocycles. The Labute approximate surface area is 244 Å². The van der Waals surface area contributed by atoms with Gasteiger partial charge in [-0.2, -0.15) is 0 Å². The number of fused-ring (bicyclic) bond motifs is 1. The first-order valence-corrected chi connectivity index (χ1v) is 15.6. The molecule has 0 N–H and O–H groups in total. The van der Waals surface area contributed by atoms with E-state index < -0.39 is 6.16 Å². The van der Waals surface area contributed by atoms with Crippen molar-refractivity contribution in [3.63, 3.8) is 0 Å². The van der Waals surface area contributed by atoms with Gasteiger partial charge in [0.2, 0.25) is 6.79 Å². The third-order valence-electron chi connectivity index (χ3n) is 9.63. The molecule has 0 spiro atoms. The molecule has 2 aliphatic carbocycles. The van der Waals surface area contributed by atoms with Crippen LogP contribution in [-0.4, -0.2) is 43.1 Å². The Kier molecular flexibility index (Phi) is 9.73. The highest BCUT2D eigenvalue weighted by atomic mass is 16.8. The van der Waals surface area contributed by atoms with Crippen LogP contribution in [0.15, 0.2) is 48.5 Å². The van der Waals surface area contributed by atoms with Gasteiger partial charge in [-0.25, -0.2) is 9.59 Å². The summed E-state index contributed by atoms with van der Waals surface area (Å²) in [5.41, 5.74) is 3.66. The van der Waals surface area contributed by atoms with Gasteiger partial charge in [-0.15, -0.1) is 0 Å². The van der Waals surface area contributed by atoms with Gasteiger partial charge in [0.05, 0.1) is 6.61 Å². The Hall–Kier alpha value is -3.22. The molecule has 2 fully saturated rings. The molecule has 1 unspecified atom stereocenters. The van der Waals surface area contributed by atoms with E-state index in [1.54, 1.807) is 0 Å². The summed E-state index contributed by atoms with van der Waals surface area (Å²) < 4.78 is 22.2. The van der Waals surface area contributed by atoms with Crippen molar-refractivity contribution in [3.05, 3.63) is 65.2 Å². The molecule has 7 heteroatoms. The first-order valence-electron chi connectivity index (χ1n) is 15.6. The zero-order valence-electron chi connectivity index (χ0n) is 24.6. The van der Waals surface area contributed by atoms with Crippen molar-refractivity contribution in [2.24, 2.45) is 11.8 Å². The van der Waals surface area contributed by atoms with Crippen molar-refractivity contribution in [2.45, 2.75) is 96.1 Å². The highest BCUT2D eigenvalue weighted by molar-refractivity contribution is 5.69. The summed E-state index contributed by atoms with van der Waals surface area (Å²) in [6, 6.07) is 16.2. The zero-order valence-corrected chi connectivity index (χ0v) is 24.6. The lowest BCUT2D eigenvalue weighted by atomic mass is 9.52. The summed E-state index contributed by atoms with van der Waals surface area (Å²) in [6.45, 7) is 5.49. The fourth-order valence-corrected chi connectivity index (χ4v) is 7.37. The van der Waals surface area contributed by atoms with Crippen molar-refractivity contribution in [1.29, 1.82) is 0 Å². The Morgan fingerprint density at radius 2 is 1.88 bits per heavy atom. The normalized spacial score (nSPS) is 23.5.